The molecular weight excluding hydrogens is 416 g/mol. The van der Waals surface area contributed by atoms with Crippen molar-refractivity contribution in [1.29, 1.82) is 0 Å². The highest BCUT2D eigenvalue weighted by molar-refractivity contribution is 8.50. The van der Waals surface area contributed by atoms with Gasteiger partial charge in [0.05, 0.1) is 0 Å². The van der Waals surface area contributed by atoms with E-state index in [-0.39, 0.29) is 10.8 Å². The Labute approximate surface area is 196 Å². The van der Waals surface area contributed by atoms with Crippen LogP contribution in [0.1, 0.15) is 93.5 Å². The van der Waals surface area contributed by atoms with E-state index in [1.54, 1.807) is 11.1 Å². The number of rotatable bonds is 2. The lowest BCUT2D eigenvalue weighted by Crippen LogP contribution is -2.16. The minimum absolute atomic E-state index is 0.119. The minimum Gasteiger partial charge on any atom is -0.158 e. The highest BCUT2D eigenvalue weighted by atomic mass is 35.7. The van der Waals surface area contributed by atoms with E-state index in [2.05, 4.69) is 91.3 Å². The molecule has 2 aromatic carbocycles. The van der Waals surface area contributed by atoms with Gasteiger partial charge in [0.15, 0.2) is 0 Å². The zero-order valence-electron chi connectivity index (χ0n) is 20.9. The molecule has 4 rings (SSSR count). The quantitative estimate of drug-likeness (QED) is 0.424. The maximum absolute atomic E-state index is 7.02. The first-order valence-electron chi connectivity index (χ1n) is 11.6. The zero-order valence-corrected chi connectivity index (χ0v) is 22.4. The molecule has 0 bridgehead atoms. The molecule has 1 atom stereocenters. The average Bonchev–Trinajstić information content (AvgIpc) is 3.19. The third-order valence-corrected chi connectivity index (χ3v) is 9.34. The lowest BCUT2D eigenvalue weighted by Gasteiger charge is -2.33. The maximum atomic E-state index is 7.02. The highest BCUT2D eigenvalue weighted by Crippen LogP contribution is 2.65. The van der Waals surface area contributed by atoms with Crippen molar-refractivity contribution in [2.24, 2.45) is 0 Å². The molecule has 2 aromatic rings. The summed E-state index contributed by atoms with van der Waals surface area (Å²) in [5.74, 6) is 0. The first-order valence-corrected chi connectivity index (χ1v) is 15.0. The Kier molecular flexibility index (Phi) is 5.51. The second-order valence-electron chi connectivity index (χ2n) is 12.1. The fourth-order valence-electron chi connectivity index (χ4n) is 5.42. The van der Waals surface area contributed by atoms with E-state index >= 15 is 0 Å². The van der Waals surface area contributed by atoms with Gasteiger partial charge < -0.3 is 0 Å². The van der Waals surface area contributed by atoms with Crippen LogP contribution < -0.4 is 0 Å². The molecule has 0 aromatic heterocycles. The van der Waals surface area contributed by atoms with E-state index in [1.165, 1.54) is 58.2 Å². The molecule has 2 heteroatoms. The second-order valence-corrected chi connectivity index (χ2v) is 17.5. The maximum Gasteiger partial charge on any atom is 0.0474 e. The van der Waals surface area contributed by atoms with E-state index in [0.717, 1.165) is 0 Å². The first-order chi connectivity index (χ1) is 14.2. The summed E-state index contributed by atoms with van der Waals surface area (Å²) in [5, 5.41) is 0.363. The number of benzene rings is 2. The van der Waals surface area contributed by atoms with Gasteiger partial charge in [-0.15, -0.1) is 0 Å². The van der Waals surface area contributed by atoms with Gasteiger partial charge in [0.1, 0.15) is 0 Å². The van der Waals surface area contributed by atoms with Crippen molar-refractivity contribution in [3.05, 3.63) is 63.2 Å². The molecule has 31 heavy (non-hydrogen) atoms. The Morgan fingerprint density at radius 2 is 1.45 bits per heavy atom. The lowest BCUT2D eigenvalue weighted by molar-refractivity contribution is 0.569. The Bertz CT molecular complexity index is 1040. The van der Waals surface area contributed by atoms with Gasteiger partial charge in [-0.25, -0.2) is 0 Å². The standard InChI is InChI=1S/C29H39ClS/c1-18-13-24-25(27(18)31(8,9)30)16-19-11-10-12-23(19)26(24)20-14-21(28(2,3)4)17-22(15-20)29(5,6)7/h13-17,27H,10-12H2,1-9H3. The van der Waals surface area contributed by atoms with Crippen LogP contribution in [0.15, 0.2) is 29.8 Å². The molecule has 0 fully saturated rings. The van der Waals surface area contributed by atoms with E-state index in [1.807, 2.05) is 0 Å². The first kappa shape index (κ1) is 23.0. The molecule has 0 heterocycles. The fraction of sp³-hybridized carbons (Fsp3) is 0.517. The van der Waals surface area contributed by atoms with Gasteiger partial charge >= 0.3 is 0 Å². The predicted octanol–water partition coefficient (Wildman–Crippen LogP) is 9.11. The Hall–Kier alpha value is -1.18. The molecule has 0 spiro atoms. The highest BCUT2D eigenvalue weighted by Gasteiger charge is 2.35. The molecule has 2 aliphatic rings. The summed E-state index contributed by atoms with van der Waals surface area (Å²) in [5.41, 5.74) is 13.5. The van der Waals surface area contributed by atoms with E-state index in [9.17, 15) is 0 Å². The van der Waals surface area contributed by atoms with E-state index in [4.69, 9.17) is 10.7 Å². The molecule has 2 aliphatic carbocycles. The minimum atomic E-state index is -1.24. The van der Waals surface area contributed by atoms with Crippen LogP contribution in [0.4, 0.5) is 0 Å². The van der Waals surface area contributed by atoms with Crippen LogP contribution in [0, 0.1) is 0 Å². The molecule has 0 saturated heterocycles. The summed E-state index contributed by atoms with van der Waals surface area (Å²) >= 11 is 0. The van der Waals surface area contributed by atoms with Crippen molar-refractivity contribution in [1.82, 2.24) is 0 Å². The van der Waals surface area contributed by atoms with Gasteiger partial charge in [0.2, 0.25) is 0 Å². The van der Waals surface area contributed by atoms with Crippen LogP contribution in [0.2, 0.25) is 0 Å². The van der Waals surface area contributed by atoms with Gasteiger partial charge in [-0.1, -0.05) is 88.1 Å². The van der Waals surface area contributed by atoms with Crippen molar-refractivity contribution in [3.8, 4) is 11.1 Å². The number of aryl methyl sites for hydroxylation is 1. The van der Waals surface area contributed by atoms with E-state index in [0.29, 0.717) is 5.25 Å². The van der Waals surface area contributed by atoms with Gasteiger partial charge in [-0.05, 0) is 94.0 Å². The third-order valence-electron chi connectivity index (χ3n) is 7.05. The Morgan fingerprint density at radius 3 is 1.97 bits per heavy atom. The molecule has 0 nitrogen and oxygen atoms in total. The zero-order chi connectivity index (χ0) is 22.9. The van der Waals surface area contributed by atoms with Crippen LogP contribution in [-0.2, 0) is 23.7 Å². The van der Waals surface area contributed by atoms with Crippen LogP contribution >= 0.6 is 19.9 Å². The Balaban J connectivity index is 2.05. The fourth-order valence-corrected chi connectivity index (χ4v) is 7.88. The van der Waals surface area contributed by atoms with Crippen molar-refractivity contribution < 1.29 is 0 Å². The second kappa shape index (κ2) is 7.42. The number of halogens is 1. The van der Waals surface area contributed by atoms with Gasteiger partial charge in [-0.2, -0.15) is 9.24 Å². The van der Waals surface area contributed by atoms with Crippen LogP contribution in [0.25, 0.3) is 17.2 Å². The van der Waals surface area contributed by atoms with Gasteiger partial charge in [0.25, 0.3) is 0 Å². The van der Waals surface area contributed by atoms with Crippen molar-refractivity contribution in [3.63, 3.8) is 0 Å². The molecule has 0 radical (unpaired) electrons. The molecular formula is C29H39ClS. The molecule has 0 amide bonds. The predicted molar refractivity (Wildman–Crippen MR) is 143 cm³/mol. The number of hydrogen-bond donors (Lipinski definition) is 0. The summed E-state index contributed by atoms with van der Waals surface area (Å²) in [6.45, 7) is 16.3. The molecule has 0 saturated carbocycles. The third kappa shape index (κ3) is 4.13. The van der Waals surface area contributed by atoms with Gasteiger partial charge in [-0.3, -0.25) is 0 Å². The normalized spacial score (nSPS) is 19.3. The van der Waals surface area contributed by atoms with Crippen molar-refractivity contribution in [2.45, 2.75) is 83.8 Å². The lowest BCUT2D eigenvalue weighted by atomic mass is 9.77. The molecule has 1 unspecified atom stereocenters. The number of fused-ring (bicyclic) bond motifs is 2. The van der Waals surface area contributed by atoms with Crippen molar-refractivity contribution >= 4 is 26.0 Å². The molecule has 168 valence electrons. The largest absolute Gasteiger partial charge is 0.158 e. The van der Waals surface area contributed by atoms with Crippen LogP contribution in [0.3, 0.4) is 0 Å². The van der Waals surface area contributed by atoms with Crippen LogP contribution in [0.5, 0.6) is 0 Å². The topological polar surface area (TPSA) is 0 Å². The summed E-state index contributed by atoms with van der Waals surface area (Å²) in [7, 11) is 5.78. The molecule has 0 N–H and O–H groups in total. The molecule has 0 aliphatic heterocycles. The van der Waals surface area contributed by atoms with E-state index < -0.39 is 9.24 Å². The summed E-state index contributed by atoms with van der Waals surface area (Å²) in [6, 6.07) is 9.88. The monoisotopic (exact) mass is 454 g/mol. The average molecular weight is 455 g/mol. The summed E-state index contributed by atoms with van der Waals surface area (Å²) < 4.78 is 0. The van der Waals surface area contributed by atoms with Gasteiger partial charge in [0, 0.05) is 5.25 Å². The van der Waals surface area contributed by atoms with Crippen molar-refractivity contribution in [2.75, 3.05) is 12.5 Å². The Morgan fingerprint density at radius 1 is 0.871 bits per heavy atom. The number of hydrogen-bond acceptors (Lipinski definition) is 0. The van der Waals surface area contributed by atoms with Crippen LogP contribution in [-0.4, -0.2) is 12.5 Å². The smallest absolute Gasteiger partial charge is 0.0474 e. The summed E-state index contributed by atoms with van der Waals surface area (Å²) in [4.78, 5) is 0. The SMILES string of the molecule is CC1=Cc2c(cc3c(c2-c2cc(C(C)(C)C)cc(C(C)(C)C)c2)CCC3)C1S(C)(C)Cl. The summed E-state index contributed by atoms with van der Waals surface area (Å²) in [6.07, 6.45) is 10.6.